The second-order valence-corrected chi connectivity index (χ2v) is 6.71. The third-order valence-electron chi connectivity index (χ3n) is 5.20. The van der Waals surface area contributed by atoms with E-state index < -0.39 is 0 Å². The number of benzene rings is 3. The molecule has 0 fully saturated rings. The fourth-order valence-corrected chi connectivity index (χ4v) is 4.08. The Morgan fingerprint density at radius 1 is 0.680 bits per heavy atom. The van der Waals surface area contributed by atoms with E-state index in [0.29, 0.717) is 0 Å². The lowest BCUT2D eigenvalue weighted by Gasteiger charge is -2.17. The van der Waals surface area contributed by atoms with E-state index in [0.717, 1.165) is 18.4 Å². The summed E-state index contributed by atoms with van der Waals surface area (Å²) in [6.45, 7) is 0. The van der Waals surface area contributed by atoms with Crippen LogP contribution in [0.5, 0.6) is 0 Å². The number of pyridine rings is 1. The Balaban J connectivity index is 1.93. The number of aromatic nitrogens is 1. The fraction of sp³-hybridized carbons (Fsp3) is 0.125. The van der Waals surface area contributed by atoms with Gasteiger partial charge in [0.15, 0.2) is 0 Å². The second-order valence-electron chi connectivity index (χ2n) is 6.71. The average Bonchev–Trinajstić information content (AvgIpc) is 2.86. The molecule has 1 nitrogen and oxygen atoms in total. The minimum absolute atomic E-state index is 1.08. The number of nitrogens with zero attached hydrogens (tertiary/aromatic N) is 1. The monoisotopic (exact) mass is 321 g/mol. The van der Waals surface area contributed by atoms with E-state index in [4.69, 9.17) is 4.98 Å². The molecular weight excluding hydrogens is 302 g/mol. The van der Waals surface area contributed by atoms with Gasteiger partial charge in [-0.3, -0.25) is 0 Å². The summed E-state index contributed by atoms with van der Waals surface area (Å²) in [6, 6.07) is 28.1. The minimum Gasteiger partial charge on any atom is -0.247 e. The second kappa shape index (κ2) is 5.86. The molecule has 0 N–H and O–H groups in total. The molecule has 5 rings (SSSR count). The Kier molecular flexibility index (Phi) is 3.38. The van der Waals surface area contributed by atoms with Gasteiger partial charge in [0.25, 0.3) is 0 Å². The van der Waals surface area contributed by atoms with E-state index >= 15 is 0 Å². The Morgan fingerprint density at radius 3 is 2.36 bits per heavy atom. The maximum absolute atomic E-state index is 5.10. The molecule has 1 aliphatic carbocycles. The van der Waals surface area contributed by atoms with Crippen molar-refractivity contribution in [1.82, 2.24) is 4.98 Å². The normalized spacial score (nSPS) is 13.1. The zero-order valence-corrected chi connectivity index (χ0v) is 14.1. The molecule has 0 spiro atoms. The first-order valence-electron chi connectivity index (χ1n) is 8.97. The van der Waals surface area contributed by atoms with Crippen LogP contribution in [0.15, 0.2) is 78.9 Å². The first kappa shape index (κ1) is 14.4. The van der Waals surface area contributed by atoms with Crippen LogP contribution in [0.2, 0.25) is 0 Å². The third kappa shape index (κ3) is 2.35. The van der Waals surface area contributed by atoms with E-state index in [9.17, 15) is 0 Å². The molecule has 1 aromatic heterocycles. The first-order chi connectivity index (χ1) is 12.4. The largest absolute Gasteiger partial charge is 0.247 e. The van der Waals surface area contributed by atoms with Gasteiger partial charge in [-0.05, 0) is 47.6 Å². The van der Waals surface area contributed by atoms with Crippen molar-refractivity contribution in [2.24, 2.45) is 0 Å². The van der Waals surface area contributed by atoms with Crippen molar-refractivity contribution in [3.8, 4) is 22.4 Å². The molecule has 0 saturated carbocycles. The molecule has 1 heteroatoms. The Labute approximate surface area is 148 Å². The summed E-state index contributed by atoms with van der Waals surface area (Å²) >= 11 is 0. The van der Waals surface area contributed by atoms with Gasteiger partial charge in [-0.2, -0.15) is 0 Å². The van der Waals surface area contributed by atoms with Gasteiger partial charge in [0.05, 0.1) is 11.2 Å². The summed E-state index contributed by atoms with van der Waals surface area (Å²) in [5, 5.41) is 1.26. The number of hydrogen-bond acceptors (Lipinski definition) is 1. The van der Waals surface area contributed by atoms with Crippen LogP contribution in [-0.2, 0) is 12.8 Å². The van der Waals surface area contributed by atoms with E-state index in [2.05, 4.69) is 78.9 Å². The van der Waals surface area contributed by atoms with E-state index in [1.807, 2.05) is 0 Å². The molecule has 120 valence electrons. The predicted molar refractivity (Wildman–Crippen MR) is 105 cm³/mol. The molecule has 0 bridgehead atoms. The number of fused-ring (bicyclic) bond motifs is 4. The van der Waals surface area contributed by atoms with Gasteiger partial charge in [-0.1, -0.05) is 72.8 Å². The van der Waals surface area contributed by atoms with Gasteiger partial charge in [0, 0.05) is 10.9 Å². The van der Waals surface area contributed by atoms with Crippen molar-refractivity contribution in [3.63, 3.8) is 0 Å². The summed E-state index contributed by atoms with van der Waals surface area (Å²) in [5.74, 6) is 0. The molecule has 0 radical (unpaired) electrons. The molecule has 1 aliphatic rings. The molecule has 0 saturated heterocycles. The molecule has 1 heterocycles. The molecule has 0 atom stereocenters. The van der Waals surface area contributed by atoms with E-state index in [-0.39, 0.29) is 0 Å². The molecule has 0 amide bonds. The SMILES string of the molecule is c1ccc(-c2c3c(nc4ccccc24)-c2ccccc2CCC3)cc1. The highest BCUT2D eigenvalue weighted by Gasteiger charge is 2.21. The van der Waals surface area contributed by atoms with Crippen LogP contribution in [0.1, 0.15) is 17.5 Å². The Bertz CT molecular complexity index is 1060. The highest BCUT2D eigenvalue weighted by atomic mass is 14.7. The highest BCUT2D eigenvalue weighted by Crippen LogP contribution is 2.40. The van der Waals surface area contributed by atoms with Gasteiger partial charge in [0.1, 0.15) is 0 Å². The van der Waals surface area contributed by atoms with Crippen molar-refractivity contribution < 1.29 is 0 Å². The van der Waals surface area contributed by atoms with Gasteiger partial charge >= 0.3 is 0 Å². The quantitative estimate of drug-likeness (QED) is 0.415. The molecule has 0 aliphatic heterocycles. The van der Waals surface area contributed by atoms with Gasteiger partial charge in [0.2, 0.25) is 0 Å². The van der Waals surface area contributed by atoms with E-state index in [1.54, 1.807) is 0 Å². The lowest BCUT2D eigenvalue weighted by atomic mass is 9.91. The number of hydrogen-bond donors (Lipinski definition) is 0. The topological polar surface area (TPSA) is 12.9 Å². The van der Waals surface area contributed by atoms with Crippen LogP contribution in [0, 0.1) is 0 Å². The highest BCUT2D eigenvalue weighted by molar-refractivity contribution is 5.99. The fourth-order valence-electron chi connectivity index (χ4n) is 4.08. The van der Waals surface area contributed by atoms with Crippen LogP contribution in [0.25, 0.3) is 33.3 Å². The molecule has 25 heavy (non-hydrogen) atoms. The number of aryl methyl sites for hydroxylation is 1. The summed E-state index contributed by atoms with van der Waals surface area (Å²) in [5.41, 5.74) is 9.02. The molecule has 0 unspecified atom stereocenters. The zero-order chi connectivity index (χ0) is 16.6. The predicted octanol–water partition coefficient (Wildman–Crippen LogP) is 6.06. The van der Waals surface area contributed by atoms with Crippen LogP contribution >= 0.6 is 0 Å². The minimum atomic E-state index is 1.08. The molecule has 3 aromatic carbocycles. The maximum Gasteiger partial charge on any atom is 0.0750 e. The standard InChI is InChI=1S/C24H19N/c1-2-10-18(11-3-1)23-20-14-6-7-16-22(20)25-24-19-13-5-4-9-17(19)12-8-15-21(23)24/h1-7,9-11,13-14,16H,8,12,15H2. The van der Waals surface area contributed by atoms with Crippen molar-refractivity contribution in [2.75, 3.05) is 0 Å². The summed E-state index contributed by atoms with van der Waals surface area (Å²) in [6.07, 6.45) is 3.37. The summed E-state index contributed by atoms with van der Waals surface area (Å²) in [7, 11) is 0. The zero-order valence-electron chi connectivity index (χ0n) is 14.1. The lowest BCUT2D eigenvalue weighted by Crippen LogP contribution is -1.98. The van der Waals surface area contributed by atoms with Crippen molar-refractivity contribution in [1.29, 1.82) is 0 Å². The van der Waals surface area contributed by atoms with Crippen LogP contribution in [0.4, 0.5) is 0 Å². The van der Waals surface area contributed by atoms with Crippen LogP contribution in [0.3, 0.4) is 0 Å². The van der Waals surface area contributed by atoms with Gasteiger partial charge in [-0.25, -0.2) is 4.98 Å². The van der Waals surface area contributed by atoms with Gasteiger partial charge in [-0.15, -0.1) is 0 Å². The van der Waals surface area contributed by atoms with Gasteiger partial charge < -0.3 is 0 Å². The summed E-state index contributed by atoms with van der Waals surface area (Å²) < 4.78 is 0. The Hall–Kier alpha value is -2.93. The molecular formula is C24H19N. The van der Waals surface area contributed by atoms with E-state index in [1.165, 1.54) is 45.3 Å². The lowest BCUT2D eigenvalue weighted by molar-refractivity contribution is 0.835. The first-order valence-corrected chi connectivity index (χ1v) is 8.97. The Morgan fingerprint density at radius 2 is 1.44 bits per heavy atom. The maximum atomic E-state index is 5.10. The average molecular weight is 321 g/mol. The van der Waals surface area contributed by atoms with Crippen molar-refractivity contribution >= 4 is 10.9 Å². The number of rotatable bonds is 1. The van der Waals surface area contributed by atoms with Crippen molar-refractivity contribution in [3.05, 3.63) is 90.0 Å². The third-order valence-corrected chi connectivity index (χ3v) is 5.20. The van der Waals surface area contributed by atoms with Crippen LogP contribution in [-0.4, -0.2) is 4.98 Å². The smallest absolute Gasteiger partial charge is 0.0750 e. The number of para-hydroxylation sites is 1. The summed E-state index contributed by atoms with van der Waals surface area (Å²) in [4.78, 5) is 5.10. The molecule has 4 aromatic rings. The van der Waals surface area contributed by atoms with Crippen molar-refractivity contribution in [2.45, 2.75) is 19.3 Å². The van der Waals surface area contributed by atoms with Crippen LogP contribution < -0.4 is 0 Å².